The van der Waals surface area contributed by atoms with E-state index in [4.69, 9.17) is 14.7 Å². The monoisotopic (exact) mass is 196 g/mol. The van der Waals surface area contributed by atoms with Crippen LogP contribution in [0.15, 0.2) is 0 Å². The van der Waals surface area contributed by atoms with Gasteiger partial charge in [0.2, 0.25) is 0 Å². The lowest BCUT2D eigenvalue weighted by Crippen LogP contribution is -2.41. The molecule has 0 aromatic carbocycles. The lowest BCUT2D eigenvalue weighted by Gasteiger charge is -2.29. The molecular weight excluding hydrogens is 180 g/mol. The number of hydrogen-bond donors (Lipinski definition) is 1. The highest BCUT2D eigenvalue weighted by atomic mass is 16.6. The predicted molar refractivity (Wildman–Crippen MR) is 50.7 cm³/mol. The molecule has 1 aliphatic heterocycles. The minimum absolute atomic E-state index is 0.232. The van der Waals surface area contributed by atoms with E-state index in [2.05, 4.69) is 11.4 Å². The SMILES string of the molecule is CNC1(C#N)CCC(OC2COC2)C1. The van der Waals surface area contributed by atoms with E-state index in [0.29, 0.717) is 0 Å². The summed E-state index contributed by atoms with van der Waals surface area (Å²) >= 11 is 0. The average molecular weight is 196 g/mol. The lowest BCUT2D eigenvalue weighted by molar-refractivity contribution is -0.153. The van der Waals surface area contributed by atoms with Crippen LogP contribution in [0.25, 0.3) is 0 Å². The molecule has 4 nitrogen and oxygen atoms in total. The molecule has 0 spiro atoms. The summed E-state index contributed by atoms with van der Waals surface area (Å²) in [5.74, 6) is 0. The summed E-state index contributed by atoms with van der Waals surface area (Å²) in [6.45, 7) is 1.44. The number of nitrogens with one attached hydrogen (secondary N) is 1. The molecule has 0 aromatic heterocycles. The van der Waals surface area contributed by atoms with E-state index in [1.54, 1.807) is 0 Å². The molecule has 2 rings (SSSR count). The molecule has 1 N–H and O–H groups in total. The Morgan fingerprint density at radius 1 is 1.50 bits per heavy atom. The second-order valence-corrected chi connectivity index (χ2v) is 4.10. The number of nitrogens with zero attached hydrogens (tertiary/aromatic N) is 1. The van der Waals surface area contributed by atoms with Crippen molar-refractivity contribution >= 4 is 0 Å². The average Bonchev–Trinajstić information content (AvgIpc) is 2.56. The van der Waals surface area contributed by atoms with E-state index >= 15 is 0 Å². The van der Waals surface area contributed by atoms with Crippen molar-refractivity contribution in [3.8, 4) is 6.07 Å². The van der Waals surface area contributed by atoms with Crippen LogP contribution >= 0.6 is 0 Å². The van der Waals surface area contributed by atoms with Gasteiger partial charge in [0, 0.05) is 6.42 Å². The lowest BCUT2D eigenvalue weighted by atomic mass is 10.0. The van der Waals surface area contributed by atoms with Gasteiger partial charge < -0.3 is 14.8 Å². The first-order chi connectivity index (χ1) is 6.78. The molecule has 1 heterocycles. The Bertz CT molecular complexity index is 247. The van der Waals surface area contributed by atoms with Crippen molar-refractivity contribution in [2.75, 3.05) is 20.3 Å². The minimum Gasteiger partial charge on any atom is -0.376 e. The number of nitriles is 1. The van der Waals surface area contributed by atoms with E-state index in [-0.39, 0.29) is 17.7 Å². The van der Waals surface area contributed by atoms with Crippen LogP contribution in [-0.2, 0) is 9.47 Å². The maximum atomic E-state index is 9.05. The highest BCUT2D eigenvalue weighted by Crippen LogP contribution is 2.32. The third-order valence-electron chi connectivity index (χ3n) is 3.15. The zero-order valence-corrected chi connectivity index (χ0v) is 8.45. The highest BCUT2D eigenvalue weighted by molar-refractivity contribution is 5.11. The quantitative estimate of drug-likeness (QED) is 0.711. The van der Waals surface area contributed by atoms with E-state index in [0.717, 1.165) is 32.5 Å². The smallest absolute Gasteiger partial charge is 0.109 e. The Morgan fingerprint density at radius 2 is 2.29 bits per heavy atom. The van der Waals surface area contributed by atoms with Gasteiger partial charge in [-0.3, -0.25) is 0 Å². The Kier molecular flexibility index (Phi) is 2.73. The Morgan fingerprint density at radius 3 is 2.71 bits per heavy atom. The summed E-state index contributed by atoms with van der Waals surface area (Å²) < 4.78 is 10.8. The summed E-state index contributed by atoms with van der Waals surface area (Å²) in [7, 11) is 1.85. The molecule has 0 radical (unpaired) electrons. The van der Waals surface area contributed by atoms with Gasteiger partial charge in [-0.15, -0.1) is 0 Å². The number of rotatable bonds is 3. The molecule has 14 heavy (non-hydrogen) atoms. The zero-order chi connectivity index (χ0) is 10.0. The fourth-order valence-corrected chi connectivity index (χ4v) is 2.07. The molecular formula is C10H16N2O2. The zero-order valence-electron chi connectivity index (χ0n) is 8.45. The maximum Gasteiger partial charge on any atom is 0.109 e. The van der Waals surface area contributed by atoms with Crippen LogP contribution in [0, 0.1) is 11.3 Å². The topological polar surface area (TPSA) is 54.3 Å². The molecule has 2 fully saturated rings. The van der Waals surface area contributed by atoms with Gasteiger partial charge in [0.05, 0.1) is 25.4 Å². The molecule has 0 aromatic rings. The van der Waals surface area contributed by atoms with Gasteiger partial charge in [-0.25, -0.2) is 0 Å². The van der Waals surface area contributed by atoms with Crippen molar-refractivity contribution < 1.29 is 9.47 Å². The number of hydrogen-bond acceptors (Lipinski definition) is 4. The molecule has 0 amide bonds. The van der Waals surface area contributed by atoms with Gasteiger partial charge >= 0.3 is 0 Å². The maximum absolute atomic E-state index is 9.05. The van der Waals surface area contributed by atoms with Gasteiger partial charge in [0.1, 0.15) is 11.6 Å². The molecule has 1 aliphatic carbocycles. The van der Waals surface area contributed by atoms with Crippen LogP contribution in [0.5, 0.6) is 0 Å². The van der Waals surface area contributed by atoms with Crippen LogP contribution in [0.4, 0.5) is 0 Å². The summed E-state index contributed by atoms with van der Waals surface area (Å²) in [5, 5.41) is 12.1. The minimum atomic E-state index is -0.352. The third-order valence-corrected chi connectivity index (χ3v) is 3.15. The molecule has 2 unspecified atom stereocenters. The normalized spacial score (nSPS) is 37.9. The predicted octanol–water partition coefficient (Wildman–Crippen LogP) is 0.436. The molecule has 4 heteroatoms. The van der Waals surface area contributed by atoms with Crippen molar-refractivity contribution in [2.45, 2.75) is 37.0 Å². The molecule has 1 saturated carbocycles. The fraction of sp³-hybridized carbons (Fsp3) is 0.900. The van der Waals surface area contributed by atoms with Crippen LogP contribution in [0.3, 0.4) is 0 Å². The number of ether oxygens (including phenoxy) is 2. The summed E-state index contributed by atoms with van der Waals surface area (Å²) in [5.41, 5.74) is -0.352. The molecule has 2 aliphatic rings. The molecule has 78 valence electrons. The Labute approximate surface area is 84.2 Å². The summed E-state index contributed by atoms with van der Waals surface area (Å²) in [4.78, 5) is 0. The second kappa shape index (κ2) is 3.85. The van der Waals surface area contributed by atoms with E-state index in [9.17, 15) is 0 Å². The van der Waals surface area contributed by atoms with Gasteiger partial charge in [0.15, 0.2) is 0 Å². The first-order valence-electron chi connectivity index (χ1n) is 5.11. The van der Waals surface area contributed by atoms with Crippen molar-refractivity contribution in [3.63, 3.8) is 0 Å². The first-order valence-corrected chi connectivity index (χ1v) is 5.11. The van der Waals surface area contributed by atoms with Crippen LogP contribution < -0.4 is 5.32 Å². The Hall–Kier alpha value is -0.630. The van der Waals surface area contributed by atoms with Gasteiger partial charge in [0.25, 0.3) is 0 Å². The molecule has 1 saturated heterocycles. The van der Waals surface area contributed by atoms with Gasteiger partial charge in [-0.05, 0) is 19.9 Å². The van der Waals surface area contributed by atoms with Crippen LogP contribution in [-0.4, -0.2) is 38.0 Å². The van der Waals surface area contributed by atoms with E-state index in [1.165, 1.54) is 0 Å². The van der Waals surface area contributed by atoms with Gasteiger partial charge in [-0.1, -0.05) is 0 Å². The van der Waals surface area contributed by atoms with Crippen LogP contribution in [0.1, 0.15) is 19.3 Å². The fourth-order valence-electron chi connectivity index (χ4n) is 2.07. The van der Waals surface area contributed by atoms with E-state index < -0.39 is 0 Å². The highest BCUT2D eigenvalue weighted by Gasteiger charge is 2.40. The molecule has 2 atom stereocenters. The largest absolute Gasteiger partial charge is 0.376 e. The standard InChI is InChI=1S/C10H16N2O2/c1-12-10(7-11)3-2-8(4-10)14-9-5-13-6-9/h8-9,12H,2-6H2,1H3. The van der Waals surface area contributed by atoms with Crippen molar-refractivity contribution in [1.29, 1.82) is 5.26 Å². The summed E-state index contributed by atoms with van der Waals surface area (Å²) in [6.07, 6.45) is 3.17. The van der Waals surface area contributed by atoms with Crippen molar-refractivity contribution in [3.05, 3.63) is 0 Å². The van der Waals surface area contributed by atoms with Crippen LogP contribution in [0.2, 0.25) is 0 Å². The van der Waals surface area contributed by atoms with E-state index in [1.807, 2.05) is 7.05 Å². The molecule has 0 bridgehead atoms. The van der Waals surface area contributed by atoms with Gasteiger partial charge in [-0.2, -0.15) is 5.26 Å². The van der Waals surface area contributed by atoms with Crippen molar-refractivity contribution in [2.24, 2.45) is 0 Å². The second-order valence-electron chi connectivity index (χ2n) is 4.10. The first kappa shape index (κ1) is 9.91. The van der Waals surface area contributed by atoms with Crippen molar-refractivity contribution in [1.82, 2.24) is 5.32 Å². The summed E-state index contributed by atoms with van der Waals surface area (Å²) in [6, 6.07) is 2.34. The third kappa shape index (κ3) is 1.76. The Balaban J connectivity index is 1.84.